The monoisotopic (exact) mass is 522 g/mol. The van der Waals surface area contributed by atoms with Gasteiger partial charge in [-0.25, -0.2) is 9.78 Å². The Morgan fingerprint density at radius 3 is 2.38 bits per heavy atom. The number of amides is 1. The molecule has 0 aliphatic heterocycles. The van der Waals surface area contributed by atoms with Gasteiger partial charge in [0.25, 0.3) is 5.91 Å². The van der Waals surface area contributed by atoms with E-state index >= 15 is 0 Å². The van der Waals surface area contributed by atoms with E-state index in [2.05, 4.69) is 20.6 Å². The van der Waals surface area contributed by atoms with Gasteiger partial charge in [0.2, 0.25) is 5.95 Å². The van der Waals surface area contributed by atoms with Gasteiger partial charge < -0.3 is 25.1 Å². The van der Waals surface area contributed by atoms with Crippen LogP contribution in [0.25, 0.3) is 22.2 Å². The molecule has 2 heterocycles. The Labute approximate surface area is 226 Å². The van der Waals surface area contributed by atoms with Crippen LogP contribution in [0.5, 0.6) is 0 Å². The van der Waals surface area contributed by atoms with Crippen LogP contribution < -0.4 is 10.6 Å². The number of nitrogens with zero attached hydrogens (tertiary/aromatic N) is 1. The molecule has 4 N–H and O–H groups in total. The molecule has 3 aromatic carbocycles. The Bertz CT molecular complexity index is 1590. The number of aromatic nitrogens is 2. The molecular weight excluding hydrogens is 492 g/mol. The van der Waals surface area contributed by atoms with Crippen molar-refractivity contribution >= 4 is 28.9 Å². The summed E-state index contributed by atoms with van der Waals surface area (Å²) in [5, 5.41) is 15.7. The summed E-state index contributed by atoms with van der Waals surface area (Å²) >= 11 is 0. The number of hydrogen-bond acceptors (Lipinski definition) is 5. The summed E-state index contributed by atoms with van der Waals surface area (Å²) in [5.74, 6) is -0.0290. The zero-order valence-corrected chi connectivity index (χ0v) is 22.0. The molecule has 198 valence electrons. The van der Waals surface area contributed by atoms with E-state index in [0.717, 1.165) is 50.2 Å². The highest BCUT2D eigenvalue weighted by Gasteiger charge is 2.23. The minimum absolute atomic E-state index is 0.170. The smallest absolute Gasteiger partial charge is 0.326 e. The van der Waals surface area contributed by atoms with Crippen LogP contribution in [-0.4, -0.2) is 33.0 Å². The Kier molecular flexibility index (Phi) is 7.19. The van der Waals surface area contributed by atoms with Crippen molar-refractivity contribution in [3.8, 4) is 11.1 Å². The van der Waals surface area contributed by atoms with Crippen LogP contribution in [0.1, 0.15) is 38.4 Å². The standard InChI is InChI=1S/C31H30N4O4/c1-18-12-19(2)28(20(3)13-18)29(36)33-27(30(37)38)14-21-8-10-22(11-9-21)23-15-24(39-17-23)16-32-31-34-25-6-4-5-7-26(25)35-31/h4-13,15,17,27H,14,16H2,1-3H3,(H,33,36)(H,37,38)(H2,32,34,35). The molecule has 0 fully saturated rings. The number of aliphatic carboxylic acids is 1. The number of H-pyrrole nitrogens is 1. The van der Waals surface area contributed by atoms with Crippen LogP contribution >= 0.6 is 0 Å². The molecule has 0 saturated carbocycles. The molecule has 0 radical (unpaired) electrons. The summed E-state index contributed by atoms with van der Waals surface area (Å²) < 4.78 is 5.72. The van der Waals surface area contributed by atoms with E-state index in [0.29, 0.717) is 18.1 Å². The molecule has 0 saturated heterocycles. The van der Waals surface area contributed by atoms with Gasteiger partial charge in [0.1, 0.15) is 11.8 Å². The van der Waals surface area contributed by atoms with E-state index in [1.165, 1.54) is 0 Å². The van der Waals surface area contributed by atoms with Crippen molar-refractivity contribution in [2.75, 3.05) is 5.32 Å². The Hall–Kier alpha value is -4.85. The molecule has 1 atom stereocenters. The molecule has 0 spiro atoms. The number of carbonyl (C=O) groups excluding carboxylic acids is 1. The van der Waals surface area contributed by atoms with Crippen molar-refractivity contribution in [1.29, 1.82) is 0 Å². The molecule has 2 aromatic heterocycles. The number of carboxylic acid groups (broad SMARTS) is 1. The van der Waals surface area contributed by atoms with Crippen LogP contribution in [0, 0.1) is 20.8 Å². The third-order valence-electron chi connectivity index (χ3n) is 6.71. The summed E-state index contributed by atoms with van der Waals surface area (Å²) in [4.78, 5) is 32.6. The molecule has 1 unspecified atom stereocenters. The van der Waals surface area contributed by atoms with Crippen molar-refractivity contribution in [1.82, 2.24) is 15.3 Å². The highest BCUT2D eigenvalue weighted by Crippen LogP contribution is 2.24. The summed E-state index contributed by atoms with van der Waals surface area (Å²) in [5.41, 5.74) is 7.75. The number of carbonyl (C=O) groups is 2. The molecular formula is C31H30N4O4. The number of rotatable bonds is 9. The Morgan fingerprint density at radius 2 is 1.69 bits per heavy atom. The van der Waals surface area contributed by atoms with Crippen LogP contribution in [0.15, 0.2) is 77.4 Å². The third kappa shape index (κ3) is 5.85. The predicted octanol–water partition coefficient (Wildman–Crippen LogP) is 5.79. The molecule has 5 rings (SSSR count). The van der Waals surface area contributed by atoms with E-state index in [1.807, 2.05) is 87.5 Å². The van der Waals surface area contributed by atoms with Crippen molar-refractivity contribution < 1.29 is 19.1 Å². The largest absolute Gasteiger partial charge is 0.480 e. The van der Waals surface area contributed by atoms with Gasteiger partial charge in [-0.15, -0.1) is 0 Å². The molecule has 5 aromatic rings. The lowest BCUT2D eigenvalue weighted by Gasteiger charge is -2.17. The number of anilines is 1. The van der Waals surface area contributed by atoms with E-state index in [-0.39, 0.29) is 12.3 Å². The maximum Gasteiger partial charge on any atom is 0.326 e. The van der Waals surface area contributed by atoms with Gasteiger partial charge in [-0.3, -0.25) is 4.79 Å². The van der Waals surface area contributed by atoms with E-state index < -0.39 is 12.0 Å². The maximum atomic E-state index is 12.9. The predicted molar refractivity (Wildman–Crippen MR) is 151 cm³/mol. The van der Waals surface area contributed by atoms with Gasteiger partial charge in [-0.2, -0.15) is 0 Å². The Balaban J connectivity index is 1.22. The molecule has 1 amide bonds. The molecule has 8 heteroatoms. The zero-order chi connectivity index (χ0) is 27.5. The van der Waals surface area contributed by atoms with Gasteiger partial charge in [0.05, 0.1) is 23.8 Å². The number of nitrogens with one attached hydrogen (secondary N) is 3. The number of fused-ring (bicyclic) bond motifs is 1. The number of aromatic amines is 1. The molecule has 0 aliphatic carbocycles. The topological polar surface area (TPSA) is 120 Å². The number of hydrogen-bond donors (Lipinski definition) is 4. The van der Waals surface area contributed by atoms with Crippen molar-refractivity contribution in [3.05, 3.63) is 107 Å². The van der Waals surface area contributed by atoms with Crippen molar-refractivity contribution in [2.45, 2.75) is 39.8 Å². The van der Waals surface area contributed by atoms with E-state index in [4.69, 9.17) is 4.42 Å². The first-order chi connectivity index (χ1) is 18.8. The second-order valence-corrected chi connectivity index (χ2v) is 9.80. The summed E-state index contributed by atoms with van der Waals surface area (Å²) in [7, 11) is 0. The fourth-order valence-corrected chi connectivity index (χ4v) is 4.87. The fraction of sp³-hybridized carbons (Fsp3) is 0.194. The summed E-state index contributed by atoms with van der Waals surface area (Å²) in [6.45, 7) is 6.16. The van der Waals surface area contributed by atoms with Gasteiger partial charge in [0.15, 0.2) is 0 Å². The van der Waals surface area contributed by atoms with Gasteiger partial charge in [0, 0.05) is 17.5 Å². The van der Waals surface area contributed by atoms with Gasteiger partial charge in [-0.1, -0.05) is 54.1 Å². The molecule has 0 aliphatic rings. The number of aryl methyl sites for hydroxylation is 3. The first-order valence-electron chi connectivity index (χ1n) is 12.7. The molecule has 39 heavy (non-hydrogen) atoms. The third-order valence-corrected chi connectivity index (χ3v) is 6.71. The minimum Gasteiger partial charge on any atom is -0.480 e. The fourth-order valence-electron chi connectivity index (χ4n) is 4.87. The highest BCUT2D eigenvalue weighted by molar-refractivity contribution is 5.99. The van der Waals surface area contributed by atoms with E-state index in [1.54, 1.807) is 6.26 Å². The average molecular weight is 523 g/mol. The minimum atomic E-state index is -1.08. The number of carboxylic acids is 1. The zero-order valence-electron chi connectivity index (χ0n) is 22.0. The molecule has 8 nitrogen and oxygen atoms in total. The average Bonchev–Trinajstić information content (AvgIpc) is 3.54. The Morgan fingerprint density at radius 1 is 0.974 bits per heavy atom. The highest BCUT2D eigenvalue weighted by atomic mass is 16.4. The SMILES string of the molecule is Cc1cc(C)c(C(=O)NC(Cc2ccc(-c3coc(CNc4nc5ccccc5[nH]4)c3)cc2)C(=O)O)c(C)c1. The van der Waals surface area contributed by atoms with Crippen molar-refractivity contribution in [2.24, 2.45) is 0 Å². The quantitative estimate of drug-likeness (QED) is 0.195. The summed E-state index contributed by atoms with van der Waals surface area (Å²) in [6.07, 6.45) is 1.86. The van der Waals surface area contributed by atoms with Gasteiger partial charge >= 0.3 is 5.97 Å². The molecule has 0 bridgehead atoms. The van der Waals surface area contributed by atoms with E-state index in [9.17, 15) is 14.7 Å². The second-order valence-electron chi connectivity index (χ2n) is 9.80. The normalized spacial score (nSPS) is 11.9. The number of imidazole rings is 1. The first kappa shape index (κ1) is 25.8. The second kappa shape index (κ2) is 10.9. The van der Waals surface area contributed by atoms with Crippen LogP contribution in [0.4, 0.5) is 5.95 Å². The number of furan rings is 1. The van der Waals surface area contributed by atoms with Crippen LogP contribution in [-0.2, 0) is 17.8 Å². The lowest BCUT2D eigenvalue weighted by molar-refractivity contribution is -0.139. The maximum absolute atomic E-state index is 12.9. The lowest BCUT2D eigenvalue weighted by Crippen LogP contribution is -2.42. The number of benzene rings is 3. The lowest BCUT2D eigenvalue weighted by atomic mass is 9.98. The first-order valence-corrected chi connectivity index (χ1v) is 12.7. The van der Waals surface area contributed by atoms with Gasteiger partial charge in [-0.05, 0) is 61.2 Å². The summed E-state index contributed by atoms with van der Waals surface area (Å²) in [6, 6.07) is 20.2. The number of para-hydroxylation sites is 2. The van der Waals surface area contributed by atoms with Crippen molar-refractivity contribution in [3.63, 3.8) is 0 Å². The van der Waals surface area contributed by atoms with Crippen LogP contribution in [0.2, 0.25) is 0 Å². The van der Waals surface area contributed by atoms with Crippen LogP contribution in [0.3, 0.4) is 0 Å².